The van der Waals surface area contributed by atoms with Crippen molar-refractivity contribution in [2.24, 2.45) is 0 Å². The van der Waals surface area contributed by atoms with Gasteiger partial charge in [-0.3, -0.25) is 0 Å². The van der Waals surface area contributed by atoms with Gasteiger partial charge in [0.15, 0.2) is 11.6 Å². The molecule has 1 nitrogen and oxygen atoms in total. The molecule has 2 heteroatoms. The molecule has 0 aromatic heterocycles. The Morgan fingerprint density at radius 2 is 1.38 bits per heavy atom. The number of hydrogen-bond acceptors (Lipinski definition) is 1. The van der Waals surface area contributed by atoms with Crippen LogP contribution in [0, 0.1) is 5.82 Å². The van der Waals surface area contributed by atoms with E-state index in [0.29, 0.717) is 5.75 Å². The third-order valence-corrected chi connectivity index (χ3v) is 1.81. The van der Waals surface area contributed by atoms with Crippen LogP contribution in [-0.4, -0.2) is 0 Å². The van der Waals surface area contributed by atoms with Crippen molar-refractivity contribution in [3.8, 4) is 11.5 Å². The molecule has 0 N–H and O–H groups in total. The van der Waals surface area contributed by atoms with Crippen molar-refractivity contribution < 1.29 is 9.13 Å². The van der Waals surface area contributed by atoms with E-state index in [1.807, 2.05) is 32.0 Å². The van der Waals surface area contributed by atoms with E-state index < -0.39 is 0 Å². The van der Waals surface area contributed by atoms with Gasteiger partial charge in [-0.15, -0.1) is 0 Å². The van der Waals surface area contributed by atoms with Crippen LogP contribution in [0.1, 0.15) is 13.8 Å². The van der Waals surface area contributed by atoms with Gasteiger partial charge in [0.25, 0.3) is 0 Å². The van der Waals surface area contributed by atoms with Crippen LogP contribution < -0.4 is 4.74 Å². The summed E-state index contributed by atoms with van der Waals surface area (Å²) in [7, 11) is 0. The first-order chi connectivity index (χ1) is 7.86. The molecule has 0 fully saturated rings. The minimum Gasteiger partial charge on any atom is -0.454 e. The Balaban J connectivity index is 0.000000606. The molecule has 2 aromatic carbocycles. The van der Waals surface area contributed by atoms with E-state index in [9.17, 15) is 4.39 Å². The van der Waals surface area contributed by atoms with Crippen molar-refractivity contribution in [2.45, 2.75) is 13.8 Å². The molecule has 0 aliphatic heterocycles. The van der Waals surface area contributed by atoms with E-state index in [0.717, 1.165) is 0 Å². The van der Waals surface area contributed by atoms with Crippen LogP contribution in [0.4, 0.5) is 4.39 Å². The third-order valence-electron chi connectivity index (χ3n) is 1.81. The number of para-hydroxylation sites is 2. The normalized spacial score (nSPS) is 8.94. The van der Waals surface area contributed by atoms with Crippen molar-refractivity contribution in [2.75, 3.05) is 0 Å². The van der Waals surface area contributed by atoms with Gasteiger partial charge < -0.3 is 4.74 Å². The first kappa shape index (κ1) is 12.2. The number of hydrogen-bond donors (Lipinski definition) is 0. The maximum atomic E-state index is 13.2. The predicted molar refractivity (Wildman–Crippen MR) is 64.3 cm³/mol. The largest absolute Gasteiger partial charge is 0.454 e. The Labute approximate surface area is 95.5 Å². The van der Waals surface area contributed by atoms with Gasteiger partial charge in [0.1, 0.15) is 5.75 Å². The van der Waals surface area contributed by atoms with Gasteiger partial charge in [0, 0.05) is 0 Å². The summed E-state index contributed by atoms with van der Waals surface area (Å²) in [6.07, 6.45) is 0. The van der Waals surface area contributed by atoms with Crippen molar-refractivity contribution >= 4 is 0 Å². The zero-order chi connectivity index (χ0) is 11.8. The Kier molecular flexibility index (Phi) is 5.06. The van der Waals surface area contributed by atoms with Crippen molar-refractivity contribution in [1.82, 2.24) is 0 Å². The van der Waals surface area contributed by atoms with Crippen LogP contribution in [0.15, 0.2) is 54.6 Å². The molecule has 0 spiro atoms. The van der Waals surface area contributed by atoms with Gasteiger partial charge >= 0.3 is 0 Å². The quantitative estimate of drug-likeness (QED) is 0.713. The Hall–Kier alpha value is -1.83. The molecular formula is C14H15FO. The highest BCUT2D eigenvalue weighted by molar-refractivity contribution is 5.31. The molecule has 0 saturated carbocycles. The van der Waals surface area contributed by atoms with Gasteiger partial charge in [-0.05, 0) is 24.3 Å². The van der Waals surface area contributed by atoms with Crippen molar-refractivity contribution in [3.63, 3.8) is 0 Å². The Morgan fingerprint density at radius 1 is 0.812 bits per heavy atom. The fourth-order valence-electron chi connectivity index (χ4n) is 1.14. The van der Waals surface area contributed by atoms with E-state index in [2.05, 4.69) is 0 Å². The summed E-state index contributed by atoms with van der Waals surface area (Å²) in [4.78, 5) is 0. The number of ether oxygens (including phenoxy) is 1. The summed E-state index contributed by atoms with van der Waals surface area (Å²) in [6, 6.07) is 15.5. The second-order valence-electron chi connectivity index (χ2n) is 2.85. The second-order valence-corrected chi connectivity index (χ2v) is 2.85. The monoisotopic (exact) mass is 218 g/mol. The van der Waals surface area contributed by atoms with E-state index in [1.165, 1.54) is 6.07 Å². The highest BCUT2D eigenvalue weighted by Crippen LogP contribution is 2.23. The van der Waals surface area contributed by atoms with Gasteiger partial charge in [-0.1, -0.05) is 44.2 Å². The number of halogens is 1. The molecule has 0 saturated heterocycles. The lowest BCUT2D eigenvalue weighted by Gasteiger charge is -2.05. The van der Waals surface area contributed by atoms with Crippen LogP contribution in [0.5, 0.6) is 11.5 Å². The summed E-state index contributed by atoms with van der Waals surface area (Å²) in [5, 5.41) is 0. The van der Waals surface area contributed by atoms with Gasteiger partial charge in [0.05, 0.1) is 0 Å². The lowest BCUT2D eigenvalue weighted by Crippen LogP contribution is -1.86. The van der Waals surface area contributed by atoms with Gasteiger partial charge in [-0.2, -0.15) is 0 Å². The number of benzene rings is 2. The fraction of sp³-hybridized carbons (Fsp3) is 0.143. The van der Waals surface area contributed by atoms with Crippen LogP contribution in [0.2, 0.25) is 0 Å². The van der Waals surface area contributed by atoms with Crippen molar-refractivity contribution in [1.29, 1.82) is 0 Å². The third kappa shape index (κ3) is 3.39. The summed E-state index contributed by atoms with van der Waals surface area (Å²) in [5.41, 5.74) is 0. The van der Waals surface area contributed by atoms with E-state index >= 15 is 0 Å². The Morgan fingerprint density at radius 3 is 2.00 bits per heavy atom. The van der Waals surface area contributed by atoms with Crippen LogP contribution in [-0.2, 0) is 0 Å². The zero-order valence-electron chi connectivity index (χ0n) is 9.48. The minimum atomic E-state index is -0.351. The standard InChI is InChI=1S/C12H9FO.C2H6/c13-11-8-4-5-9-12(11)14-10-6-2-1-3-7-10;1-2/h1-9H;1-2H3. The molecule has 0 atom stereocenters. The lowest BCUT2D eigenvalue weighted by molar-refractivity contribution is 0.442. The van der Waals surface area contributed by atoms with Crippen LogP contribution in [0.25, 0.3) is 0 Å². The summed E-state index contributed by atoms with van der Waals surface area (Å²) in [5.74, 6) is 0.535. The molecule has 2 rings (SSSR count). The topological polar surface area (TPSA) is 9.23 Å². The Bertz CT molecular complexity index is 412. The SMILES string of the molecule is CC.Fc1ccccc1Oc1ccccc1. The van der Waals surface area contributed by atoms with Gasteiger partial charge in [-0.25, -0.2) is 4.39 Å². The average molecular weight is 218 g/mol. The van der Waals surface area contributed by atoms with E-state index in [-0.39, 0.29) is 11.6 Å². The lowest BCUT2D eigenvalue weighted by atomic mass is 10.3. The second kappa shape index (κ2) is 6.62. The summed E-state index contributed by atoms with van der Waals surface area (Å²) < 4.78 is 18.5. The molecule has 0 aliphatic rings. The zero-order valence-corrected chi connectivity index (χ0v) is 9.48. The molecule has 0 aliphatic carbocycles. The van der Waals surface area contributed by atoms with Crippen LogP contribution in [0.3, 0.4) is 0 Å². The number of rotatable bonds is 2. The molecular weight excluding hydrogens is 203 g/mol. The minimum absolute atomic E-state index is 0.249. The fourth-order valence-corrected chi connectivity index (χ4v) is 1.14. The molecule has 0 heterocycles. The molecule has 0 amide bonds. The van der Waals surface area contributed by atoms with Crippen LogP contribution >= 0.6 is 0 Å². The summed E-state index contributed by atoms with van der Waals surface area (Å²) in [6.45, 7) is 4.00. The maximum absolute atomic E-state index is 13.2. The highest BCUT2D eigenvalue weighted by Gasteiger charge is 2.01. The van der Waals surface area contributed by atoms with E-state index in [4.69, 9.17) is 4.74 Å². The summed E-state index contributed by atoms with van der Waals surface area (Å²) >= 11 is 0. The van der Waals surface area contributed by atoms with E-state index in [1.54, 1.807) is 30.3 Å². The molecule has 0 radical (unpaired) electrons. The predicted octanol–water partition coefficient (Wildman–Crippen LogP) is 4.64. The van der Waals surface area contributed by atoms with Crippen molar-refractivity contribution in [3.05, 3.63) is 60.4 Å². The highest BCUT2D eigenvalue weighted by atomic mass is 19.1. The molecule has 0 bridgehead atoms. The molecule has 16 heavy (non-hydrogen) atoms. The average Bonchev–Trinajstić information content (AvgIpc) is 2.36. The molecule has 84 valence electrons. The molecule has 0 unspecified atom stereocenters. The van der Waals surface area contributed by atoms with Gasteiger partial charge in [0.2, 0.25) is 0 Å². The first-order valence-electron chi connectivity index (χ1n) is 5.34. The maximum Gasteiger partial charge on any atom is 0.165 e. The molecule has 2 aromatic rings. The first-order valence-corrected chi connectivity index (χ1v) is 5.34. The smallest absolute Gasteiger partial charge is 0.165 e.